The van der Waals surface area contributed by atoms with E-state index in [0.717, 1.165) is 25.7 Å². The van der Waals surface area contributed by atoms with Gasteiger partial charge in [-0.05, 0) is 45.6 Å². The van der Waals surface area contributed by atoms with Gasteiger partial charge in [0.15, 0.2) is 0 Å². The van der Waals surface area contributed by atoms with Gasteiger partial charge in [-0.25, -0.2) is 0 Å². The van der Waals surface area contributed by atoms with Gasteiger partial charge in [0.1, 0.15) is 6.61 Å². The van der Waals surface area contributed by atoms with Gasteiger partial charge < -0.3 is 4.74 Å². The van der Waals surface area contributed by atoms with Crippen LogP contribution in [0.15, 0.2) is 23.3 Å². The van der Waals surface area contributed by atoms with Crippen LogP contribution in [0.1, 0.15) is 66.7 Å². The molecule has 0 fully saturated rings. The quantitative estimate of drug-likeness (QED) is 0.332. The van der Waals surface area contributed by atoms with Crippen molar-refractivity contribution >= 4 is 5.97 Å². The minimum atomic E-state index is -0.0746. The molecule has 0 aliphatic carbocycles. The molecule has 0 unspecified atom stereocenters. The zero-order valence-corrected chi connectivity index (χ0v) is 13.3. The molecule has 0 saturated heterocycles. The van der Waals surface area contributed by atoms with E-state index in [-0.39, 0.29) is 5.97 Å². The Kier molecular flexibility index (Phi) is 10.2. The maximum atomic E-state index is 11.4. The molecule has 110 valence electrons. The lowest BCUT2D eigenvalue weighted by Crippen LogP contribution is -2.05. The van der Waals surface area contributed by atoms with Gasteiger partial charge in [-0.1, -0.05) is 43.9 Å². The van der Waals surface area contributed by atoms with Crippen LogP contribution in [0, 0.1) is 5.92 Å². The van der Waals surface area contributed by atoms with Crippen molar-refractivity contribution in [2.75, 3.05) is 6.61 Å². The van der Waals surface area contributed by atoms with Crippen molar-refractivity contribution in [1.82, 2.24) is 0 Å². The van der Waals surface area contributed by atoms with Gasteiger partial charge >= 0.3 is 5.97 Å². The Morgan fingerprint density at radius 2 is 1.84 bits per heavy atom. The highest BCUT2D eigenvalue weighted by molar-refractivity contribution is 5.69. The van der Waals surface area contributed by atoms with Gasteiger partial charge in [0.05, 0.1) is 0 Å². The molecule has 0 amide bonds. The van der Waals surface area contributed by atoms with Crippen molar-refractivity contribution in [3.8, 4) is 0 Å². The maximum absolute atomic E-state index is 11.4. The average Bonchev–Trinajstić information content (AvgIpc) is 2.36. The molecular formula is C17H30O2. The summed E-state index contributed by atoms with van der Waals surface area (Å²) in [6.07, 6.45) is 9.05. The lowest BCUT2D eigenvalue weighted by molar-refractivity contribution is -0.142. The van der Waals surface area contributed by atoms with Crippen LogP contribution in [-0.4, -0.2) is 12.6 Å². The van der Waals surface area contributed by atoms with Gasteiger partial charge in [-0.15, -0.1) is 0 Å². The van der Waals surface area contributed by atoms with Crippen molar-refractivity contribution in [2.45, 2.75) is 66.7 Å². The summed E-state index contributed by atoms with van der Waals surface area (Å²) in [7, 11) is 0. The van der Waals surface area contributed by atoms with E-state index in [1.807, 2.05) is 6.08 Å². The molecule has 0 rings (SSSR count). The molecule has 19 heavy (non-hydrogen) atoms. The molecule has 2 nitrogen and oxygen atoms in total. The monoisotopic (exact) mass is 266 g/mol. The normalized spacial score (nSPS) is 13.0. The lowest BCUT2D eigenvalue weighted by Gasteiger charge is -2.10. The molecule has 2 heteroatoms. The topological polar surface area (TPSA) is 26.3 Å². The first-order valence-corrected chi connectivity index (χ1v) is 7.43. The van der Waals surface area contributed by atoms with Gasteiger partial charge in [0.2, 0.25) is 0 Å². The number of esters is 1. The lowest BCUT2D eigenvalue weighted by atomic mass is 9.98. The smallest absolute Gasteiger partial charge is 0.306 e. The molecule has 0 N–H and O–H groups in total. The molecule has 0 aromatic carbocycles. The van der Waals surface area contributed by atoms with Gasteiger partial charge in [0, 0.05) is 6.42 Å². The zero-order chi connectivity index (χ0) is 14.7. The third kappa shape index (κ3) is 10.5. The van der Waals surface area contributed by atoms with Crippen molar-refractivity contribution < 1.29 is 9.53 Å². The van der Waals surface area contributed by atoms with Gasteiger partial charge in [0.25, 0.3) is 0 Å². The third-order valence-electron chi connectivity index (χ3n) is 3.29. The van der Waals surface area contributed by atoms with E-state index < -0.39 is 0 Å². The summed E-state index contributed by atoms with van der Waals surface area (Å²) < 4.78 is 5.20. The summed E-state index contributed by atoms with van der Waals surface area (Å²) in [5.74, 6) is 0.433. The summed E-state index contributed by atoms with van der Waals surface area (Å²) in [5, 5.41) is 0. The molecule has 0 aromatic rings. The van der Waals surface area contributed by atoms with E-state index in [9.17, 15) is 4.79 Å². The first kappa shape index (κ1) is 17.9. The van der Waals surface area contributed by atoms with Gasteiger partial charge in [-0.2, -0.15) is 0 Å². The molecular weight excluding hydrogens is 236 g/mol. The van der Waals surface area contributed by atoms with E-state index in [0.29, 0.717) is 18.9 Å². The third-order valence-corrected chi connectivity index (χ3v) is 3.29. The van der Waals surface area contributed by atoms with Crippen LogP contribution < -0.4 is 0 Å². The average molecular weight is 266 g/mol. The van der Waals surface area contributed by atoms with E-state index in [1.165, 1.54) is 11.1 Å². The number of rotatable bonds is 9. The molecule has 0 radical (unpaired) electrons. The van der Waals surface area contributed by atoms with Crippen molar-refractivity contribution in [1.29, 1.82) is 0 Å². The van der Waals surface area contributed by atoms with Crippen molar-refractivity contribution in [3.05, 3.63) is 23.3 Å². The summed E-state index contributed by atoms with van der Waals surface area (Å²) >= 11 is 0. The number of carbonyl (C=O) groups excluding carboxylic acids is 1. The Hall–Kier alpha value is -1.05. The second-order valence-electron chi connectivity index (χ2n) is 5.51. The minimum Gasteiger partial charge on any atom is -0.461 e. The summed E-state index contributed by atoms with van der Waals surface area (Å²) in [5.41, 5.74) is 2.64. The maximum Gasteiger partial charge on any atom is 0.306 e. The van der Waals surface area contributed by atoms with Gasteiger partial charge in [-0.3, -0.25) is 4.79 Å². The largest absolute Gasteiger partial charge is 0.461 e. The fourth-order valence-corrected chi connectivity index (χ4v) is 1.66. The standard InChI is InChI=1S/C17H30O2/c1-6-7-8-9-17(18)19-13-12-16(5)15(4)11-10-14(2)3/h10,12,15H,6-9,11,13H2,1-5H3/b16-12+/t15-/m0/s1. The van der Waals surface area contributed by atoms with Crippen LogP contribution in [0.25, 0.3) is 0 Å². The fourth-order valence-electron chi connectivity index (χ4n) is 1.66. The minimum absolute atomic E-state index is 0.0746. The van der Waals surface area contributed by atoms with Crippen LogP contribution in [-0.2, 0) is 9.53 Å². The number of carbonyl (C=O) groups is 1. The number of ether oxygens (including phenoxy) is 1. The van der Waals surface area contributed by atoms with Crippen LogP contribution >= 0.6 is 0 Å². The number of allylic oxidation sites excluding steroid dienone is 3. The SMILES string of the molecule is CCCCCC(=O)OC/C=C(\C)[C@@H](C)CC=C(C)C. The van der Waals surface area contributed by atoms with E-state index >= 15 is 0 Å². The second-order valence-corrected chi connectivity index (χ2v) is 5.51. The van der Waals surface area contributed by atoms with Crippen molar-refractivity contribution in [3.63, 3.8) is 0 Å². The predicted molar refractivity (Wildman–Crippen MR) is 82.1 cm³/mol. The number of hydrogen-bond donors (Lipinski definition) is 0. The molecule has 0 heterocycles. The van der Waals surface area contributed by atoms with E-state index in [4.69, 9.17) is 4.74 Å². The second kappa shape index (κ2) is 10.8. The molecule has 0 aliphatic rings. The Bertz CT molecular complexity index is 309. The predicted octanol–water partition coefficient (Wildman–Crippen LogP) is 5.05. The zero-order valence-electron chi connectivity index (χ0n) is 13.3. The number of hydrogen-bond acceptors (Lipinski definition) is 2. The molecule has 0 aromatic heterocycles. The molecule has 0 bridgehead atoms. The highest BCUT2D eigenvalue weighted by Gasteiger charge is 2.04. The van der Waals surface area contributed by atoms with Crippen LogP contribution in [0.5, 0.6) is 0 Å². The summed E-state index contributed by atoms with van der Waals surface area (Å²) in [4.78, 5) is 11.4. The molecule has 0 saturated carbocycles. The highest BCUT2D eigenvalue weighted by atomic mass is 16.5. The molecule has 0 spiro atoms. The summed E-state index contributed by atoms with van der Waals surface area (Å²) in [6, 6.07) is 0. The Labute approximate surface area is 118 Å². The number of unbranched alkanes of at least 4 members (excludes halogenated alkanes) is 2. The summed E-state index contributed by atoms with van der Waals surface area (Å²) in [6.45, 7) is 11.1. The van der Waals surface area contributed by atoms with Crippen LogP contribution in [0.4, 0.5) is 0 Å². The Balaban J connectivity index is 3.91. The highest BCUT2D eigenvalue weighted by Crippen LogP contribution is 2.15. The van der Waals surface area contributed by atoms with Crippen molar-refractivity contribution in [2.24, 2.45) is 5.92 Å². The van der Waals surface area contributed by atoms with E-state index in [1.54, 1.807) is 0 Å². The molecule has 0 aliphatic heterocycles. The van der Waals surface area contributed by atoms with E-state index in [2.05, 4.69) is 40.7 Å². The Morgan fingerprint density at radius 1 is 1.16 bits per heavy atom. The molecule has 1 atom stereocenters. The first-order chi connectivity index (χ1) is 8.97. The van der Waals surface area contributed by atoms with Crippen LogP contribution in [0.2, 0.25) is 0 Å². The fraction of sp³-hybridized carbons (Fsp3) is 0.706. The Morgan fingerprint density at radius 3 is 2.42 bits per heavy atom. The first-order valence-electron chi connectivity index (χ1n) is 7.43. The van der Waals surface area contributed by atoms with Crippen LogP contribution in [0.3, 0.4) is 0 Å².